The van der Waals surface area contributed by atoms with Gasteiger partial charge in [-0.25, -0.2) is 0 Å². The van der Waals surface area contributed by atoms with Gasteiger partial charge in [-0.1, -0.05) is 20.8 Å². The summed E-state index contributed by atoms with van der Waals surface area (Å²) in [6.45, 7) is 12.3. The number of Topliss-reactive ketones (excluding diaryl/α,β-unsaturated/α-hetero) is 1. The lowest BCUT2D eigenvalue weighted by Gasteiger charge is -2.36. The minimum atomic E-state index is -1.81. The summed E-state index contributed by atoms with van der Waals surface area (Å²) in [7, 11) is -1.81. The lowest BCUT2D eigenvalue weighted by molar-refractivity contribution is -0.131. The lowest BCUT2D eigenvalue weighted by atomic mass is 10.1. The second-order valence-corrected chi connectivity index (χ2v) is 10.8. The molecule has 4 nitrogen and oxygen atoms in total. The number of hydrogen-bond acceptors (Lipinski definition) is 4. The monoisotopic (exact) mass is 262 g/mol. The second kappa shape index (κ2) is 6.09. The molecule has 5 heteroatoms. The van der Waals surface area contributed by atoms with E-state index in [1.165, 1.54) is 6.92 Å². The quantitative estimate of drug-likeness (QED) is 0.715. The molecule has 0 aliphatic carbocycles. The molecule has 0 aromatic heterocycles. The normalized spacial score (nSPS) is 16.7. The third kappa shape index (κ3) is 5.29. The molecule has 0 radical (unpaired) electrons. The molecule has 0 unspecified atom stereocenters. The summed E-state index contributed by atoms with van der Waals surface area (Å²) >= 11 is 0. The van der Waals surface area contributed by atoms with Gasteiger partial charge in [0.1, 0.15) is 6.10 Å². The Kier molecular flexibility index (Phi) is 6.00. The Morgan fingerprint density at radius 3 is 2.12 bits per heavy atom. The molecule has 2 N–H and O–H groups in total. The van der Waals surface area contributed by atoms with E-state index in [2.05, 4.69) is 33.9 Å². The van der Waals surface area contributed by atoms with Gasteiger partial charge in [-0.15, -0.1) is 0 Å². The molecule has 0 aromatic rings. The van der Waals surface area contributed by atoms with E-state index in [0.717, 1.165) is 0 Å². The first-order valence-corrected chi connectivity index (χ1v) is 8.90. The summed E-state index contributed by atoms with van der Waals surface area (Å²) in [5.41, 5.74) is 0. The minimum absolute atomic E-state index is 0.122. The van der Waals surface area contributed by atoms with Crippen LogP contribution in [-0.4, -0.2) is 43.1 Å². The van der Waals surface area contributed by atoms with Crippen LogP contribution in [0, 0.1) is 0 Å². The van der Waals surface area contributed by atoms with Gasteiger partial charge in [0.2, 0.25) is 0 Å². The SMILES string of the molecule is CC(=O)[C@H](O)[C@@H](O)CCO[Si](C)(C)C(C)(C)C. The molecule has 0 bridgehead atoms. The Morgan fingerprint density at radius 2 is 1.76 bits per heavy atom. The topological polar surface area (TPSA) is 66.8 Å². The van der Waals surface area contributed by atoms with Gasteiger partial charge in [0.05, 0.1) is 6.10 Å². The Balaban J connectivity index is 4.12. The highest BCUT2D eigenvalue weighted by Gasteiger charge is 2.37. The van der Waals surface area contributed by atoms with Crippen molar-refractivity contribution < 1.29 is 19.4 Å². The molecule has 0 saturated heterocycles. The van der Waals surface area contributed by atoms with E-state index >= 15 is 0 Å². The predicted octanol–water partition coefficient (Wildman–Crippen LogP) is 1.71. The minimum Gasteiger partial charge on any atom is -0.417 e. The number of aliphatic hydroxyl groups excluding tert-OH is 2. The smallest absolute Gasteiger partial charge is 0.191 e. The maximum Gasteiger partial charge on any atom is 0.191 e. The van der Waals surface area contributed by atoms with Crippen LogP contribution in [0.5, 0.6) is 0 Å². The van der Waals surface area contributed by atoms with Crippen molar-refractivity contribution in [2.75, 3.05) is 6.61 Å². The Morgan fingerprint density at radius 1 is 1.29 bits per heavy atom. The molecule has 0 aliphatic heterocycles. The van der Waals surface area contributed by atoms with Gasteiger partial charge >= 0.3 is 0 Å². The summed E-state index contributed by atoms with van der Waals surface area (Å²) in [5, 5.41) is 19.0. The molecule has 0 saturated carbocycles. The summed E-state index contributed by atoms with van der Waals surface area (Å²) < 4.78 is 5.85. The van der Waals surface area contributed by atoms with Crippen LogP contribution in [0.15, 0.2) is 0 Å². The molecule has 0 aromatic carbocycles. The maximum atomic E-state index is 10.9. The second-order valence-electron chi connectivity index (χ2n) is 6.02. The fraction of sp³-hybridized carbons (Fsp3) is 0.917. The van der Waals surface area contributed by atoms with Crippen LogP contribution in [0.1, 0.15) is 34.1 Å². The first-order chi connectivity index (χ1) is 7.49. The molecular weight excluding hydrogens is 236 g/mol. The van der Waals surface area contributed by atoms with Gasteiger partial charge in [-0.05, 0) is 31.5 Å². The maximum absolute atomic E-state index is 10.9. The number of hydrogen-bond donors (Lipinski definition) is 2. The third-order valence-electron chi connectivity index (χ3n) is 3.46. The van der Waals surface area contributed by atoms with Crippen molar-refractivity contribution >= 4 is 14.1 Å². The van der Waals surface area contributed by atoms with E-state index in [9.17, 15) is 15.0 Å². The number of carbonyl (C=O) groups is 1. The van der Waals surface area contributed by atoms with Crippen molar-refractivity contribution in [2.45, 2.75) is 64.5 Å². The first-order valence-electron chi connectivity index (χ1n) is 5.99. The van der Waals surface area contributed by atoms with E-state index in [1.54, 1.807) is 0 Å². The average Bonchev–Trinajstić information content (AvgIpc) is 2.14. The van der Waals surface area contributed by atoms with Gasteiger partial charge in [-0.3, -0.25) is 4.79 Å². The van der Waals surface area contributed by atoms with Crippen molar-refractivity contribution in [3.63, 3.8) is 0 Å². The molecule has 102 valence electrons. The third-order valence-corrected chi connectivity index (χ3v) is 8.00. The van der Waals surface area contributed by atoms with Crippen LogP contribution in [-0.2, 0) is 9.22 Å². The molecule has 0 heterocycles. The van der Waals surface area contributed by atoms with Gasteiger partial charge < -0.3 is 14.6 Å². The zero-order chi connectivity index (χ0) is 13.9. The van der Waals surface area contributed by atoms with Crippen LogP contribution in [0.2, 0.25) is 18.1 Å². The predicted molar refractivity (Wildman–Crippen MR) is 70.5 cm³/mol. The van der Waals surface area contributed by atoms with E-state index in [-0.39, 0.29) is 11.5 Å². The molecule has 2 atom stereocenters. The molecular formula is C12H26O4Si. The van der Waals surface area contributed by atoms with Gasteiger partial charge in [-0.2, -0.15) is 0 Å². The molecule has 0 spiro atoms. The first kappa shape index (κ1) is 16.8. The standard InChI is InChI=1S/C12H26O4Si/c1-9(13)11(15)10(14)7-8-16-17(5,6)12(2,3)4/h10-11,14-15H,7-8H2,1-6H3/t10-,11-/m0/s1. The summed E-state index contributed by atoms with van der Waals surface area (Å²) in [4.78, 5) is 10.9. The van der Waals surface area contributed by atoms with Gasteiger partial charge in [0.25, 0.3) is 0 Å². The van der Waals surface area contributed by atoms with Crippen molar-refractivity contribution in [2.24, 2.45) is 0 Å². The van der Waals surface area contributed by atoms with E-state index in [0.29, 0.717) is 6.61 Å². The molecule has 0 fully saturated rings. The molecule has 0 rings (SSSR count). The molecule has 0 aliphatic rings. The Bertz CT molecular complexity index is 258. The number of carbonyl (C=O) groups excluding carboxylic acids is 1. The van der Waals surface area contributed by atoms with Crippen LogP contribution >= 0.6 is 0 Å². The van der Waals surface area contributed by atoms with Crippen molar-refractivity contribution in [3.05, 3.63) is 0 Å². The van der Waals surface area contributed by atoms with Crippen LogP contribution in [0.4, 0.5) is 0 Å². The van der Waals surface area contributed by atoms with Crippen LogP contribution in [0.25, 0.3) is 0 Å². The summed E-state index contributed by atoms with van der Waals surface area (Å²) in [6.07, 6.45) is -2.04. The van der Waals surface area contributed by atoms with E-state index in [1.807, 2.05) is 0 Å². The highest BCUT2D eigenvalue weighted by Crippen LogP contribution is 2.36. The van der Waals surface area contributed by atoms with Crippen molar-refractivity contribution in [1.82, 2.24) is 0 Å². The van der Waals surface area contributed by atoms with E-state index < -0.39 is 26.3 Å². The fourth-order valence-corrected chi connectivity index (χ4v) is 2.14. The zero-order valence-corrected chi connectivity index (χ0v) is 12.8. The highest BCUT2D eigenvalue weighted by atomic mass is 28.4. The average molecular weight is 262 g/mol. The molecule has 0 amide bonds. The summed E-state index contributed by atoms with van der Waals surface area (Å²) in [5.74, 6) is -0.412. The molecule has 17 heavy (non-hydrogen) atoms. The van der Waals surface area contributed by atoms with Crippen molar-refractivity contribution in [1.29, 1.82) is 0 Å². The van der Waals surface area contributed by atoms with Crippen LogP contribution < -0.4 is 0 Å². The van der Waals surface area contributed by atoms with Gasteiger partial charge in [0, 0.05) is 6.61 Å². The van der Waals surface area contributed by atoms with Crippen molar-refractivity contribution in [3.8, 4) is 0 Å². The number of rotatable bonds is 6. The zero-order valence-electron chi connectivity index (χ0n) is 11.8. The number of aliphatic hydroxyl groups is 2. The van der Waals surface area contributed by atoms with Gasteiger partial charge in [0.15, 0.2) is 14.1 Å². The largest absolute Gasteiger partial charge is 0.417 e. The fourth-order valence-electron chi connectivity index (χ4n) is 1.08. The number of ketones is 1. The highest BCUT2D eigenvalue weighted by molar-refractivity contribution is 6.74. The van der Waals surface area contributed by atoms with E-state index in [4.69, 9.17) is 4.43 Å². The Labute approximate surface area is 105 Å². The lowest BCUT2D eigenvalue weighted by Crippen LogP contribution is -2.42. The summed E-state index contributed by atoms with van der Waals surface area (Å²) in [6, 6.07) is 0. The van der Waals surface area contributed by atoms with Crippen LogP contribution in [0.3, 0.4) is 0 Å². The Hall–Kier alpha value is -0.233.